The van der Waals surface area contributed by atoms with Crippen molar-refractivity contribution < 1.29 is 22.1 Å². The van der Waals surface area contributed by atoms with E-state index in [0.29, 0.717) is 31.0 Å². The molecule has 0 atom stereocenters. The Labute approximate surface area is 133 Å². The molecule has 9 heteroatoms. The van der Waals surface area contributed by atoms with Crippen LogP contribution in [0, 0.1) is 5.82 Å². The maximum Gasteiger partial charge on any atom is 0.243 e. The third kappa shape index (κ3) is 5.02. The number of anilines is 1. The van der Waals surface area contributed by atoms with Crippen LogP contribution in [0.5, 0.6) is 0 Å². The Morgan fingerprint density at radius 3 is 2.87 bits per heavy atom. The molecule has 0 unspecified atom stereocenters. The molecule has 1 heterocycles. The molecule has 126 valence electrons. The van der Waals surface area contributed by atoms with Crippen molar-refractivity contribution in [1.29, 1.82) is 0 Å². The van der Waals surface area contributed by atoms with Gasteiger partial charge in [0, 0.05) is 26.3 Å². The summed E-state index contributed by atoms with van der Waals surface area (Å²) in [6.45, 7) is 1.00. The molecule has 2 rings (SSSR count). The van der Waals surface area contributed by atoms with Gasteiger partial charge in [0.05, 0.1) is 17.9 Å². The SMILES string of the molecule is COCCCNc1ccc(F)cc1S(=O)(=O)NCc1ccon1. The second kappa shape index (κ2) is 8.04. The monoisotopic (exact) mass is 343 g/mol. The third-order valence-corrected chi connectivity index (χ3v) is 4.45. The Balaban J connectivity index is 2.13. The highest BCUT2D eigenvalue weighted by Crippen LogP contribution is 2.22. The van der Waals surface area contributed by atoms with Crippen molar-refractivity contribution in [1.82, 2.24) is 9.88 Å². The average Bonchev–Trinajstić information content (AvgIpc) is 3.04. The quantitative estimate of drug-likeness (QED) is 0.674. The zero-order chi connectivity index (χ0) is 16.7. The van der Waals surface area contributed by atoms with E-state index in [1.54, 1.807) is 7.11 Å². The van der Waals surface area contributed by atoms with Crippen molar-refractivity contribution in [2.45, 2.75) is 17.9 Å². The standard InChI is InChI=1S/C14H18FN3O4S/c1-21-7-2-6-16-13-4-3-11(15)9-14(13)23(19,20)17-10-12-5-8-22-18-12/h3-5,8-9,16-17H,2,6-7,10H2,1H3. The van der Waals surface area contributed by atoms with Gasteiger partial charge in [-0.15, -0.1) is 0 Å². The normalized spacial score (nSPS) is 11.6. The van der Waals surface area contributed by atoms with Gasteiger partial charge in [-0.1, -0.05) is 5.16 Å². The van der Waals surface area contributed by atoms with Crippen LogP contribution in [0.4, 0.5) is 10.1 Å². The molecule has 23 heavy (non-hydrogen) atoms. The predicted molar refractivity (Wildman–Crippen MR) is 81.9 cm³/mol. The first-order valence-corrected chi connectivity index (χ1v) is 8.42. The Hall–Kier alpha value is -1.97. The van der Waals surface area contributed by atoms with Gasteiger partial charge in [-0.3, -0.25) is 0 Å². The Morgan fingerprint density at radius 2 is 2.17 bits per heavy atom. The third-order valence-electron chi connectivity index (χ3n) is 3.01. The van der Waals surface area contributed by atoms with Crippen LogP contribution >= 0.6 is 0 Å². The van der Waals surface area contributed by atoms with Gasteiger partial charge in [0.1, 0.15) is 17.0 Å². The molecule has 0 spiro atoms. The molecule has 0 fully saturated rings. The summed E-state index contributed by atoms with van der Waals surface area (Å²) in [5, 5.41) is 6.59. The zero-order valence-corrected chi connectivity index (χ0v) is 13.4. The van der Waals surface area contributed by atoms with Crippen molar-refractivity contribution in [2.75, 3.05) is 25.6 Å². The lowest BCUT2D eigenvalue weighted by Gasteiger charge is -2.13. The second-order valence-electron chi connectivity index (χ2n) is 4.73. The molecule has 2 N–H and O–H groups in total. The number of ether oxygens (including phenoxy) is 1. The number of nitrogens with one attached hydrogen (secondary N) is 2. The smallest absolute Gasteiger partial charge is 0.243 e. The van der Waals surface area contributed by atoms with Crippen LogP contribution in [-0.2, 0) is 21.3 Å². The molecule has 0 saturated heterocycles. The minimum absolute atomic E-state index is 0.0432. The van der Waals surface area contributed by atoms with Crippen LogP contribution in [0.1, 0.15) is 12.1 Å². The molecule has 1 aromatic carbocycles. The summed E-state index contributed by atoms with van der Waals surface area (Å²) >= 11 is 0. The van der Waals surface area contributed by atoms with E-state index in [-0.39, 0.29) is 11.4 Å². The van der Waals surface area contributed by atoms with Crippen molar-refractivity contribution in [2.24, 2.45) is 0 Å². The van der Waals surface area contributed by atoms with E-state index >= 15 is 0 Å². The fourth-order valence-electron chi connectivity index (χ4n) is 1.88. The molecule has 0 aliphatic heterocycles. The largest absolute Gasteiger partial charge is 0.385 e. The Bertz CT molecular complexity index is 720. The van der Waals surface area contributed by atoms with Crippen LogP contribution in [0.2, 0.25) is 0 Å². The molecule has 0 saturated carbocycles. The lowest BCUT2D eigenvalue weighted by Crippen LogP contribution is -2.24. The summed E-state index contributed by atoms with van der Waals surface area (Å²) in [6, 6.07) is 5.11. The summed E-state index contributed by atoms with van der Waals surface area (Å²) in [4.78, 5) is -0.154. The van der Waals surface area contributed by atoms with Crippen molar-refractivity contribution in [3.8, 4) is 0 Å². The minimum atomic E-state index is -3.90. The molecule has 7 nitrogen and oxygen atoms in total. The van der Waals surface area contributed by atoms with Crippen LogP contribution in [0.25, 0.3) is 0 Å². The molecule has 1 aromatic heterocycles. The van der Waals surface area contributed by atoms with E-state index in [0.717, 1.165) is 6.07 Å². The van der Waals surface area contributed by atoms with Gasteiger partial charge in [0.25, 0.3) is 0 Å². The summed E-state index contributed by atoms with van der Waals surface area (Å²) in [5.74, 6) is -0.630. The molecule has 0 amide bonds. The Kier molecular flexibility index (Phi) is 6.08. The summed E-state index contributed by atoms with van der Waals surface area (Å²) in [7, 11) is -2.31. The van der Waals surface area contributed by atoms with Gasteiger partial charge in [-0.05, 0) is 24.6 Å². The number of sulfonamides is 1. The van der Waals surface area contributed by atoms with E-state index in [1.807, 2.05) is 0 Å². The molecule has 0 aliphatic rings. The van der Waals surface area contributed by atoms with Gasteiger partial charge in [-0.25, -0.2) is 17.5 Å². The lowest BCUT2D eigenvalue weighted by atomic mass is 10.3. The number of aromatic nitrogens is 1. The maximum absolute atomic E-state index is 13.5. The minimum Gasteiger partial charge on any atom is -0.385 e. The maximum atomic E-state index is 13.5. The number of nitrogens with zero attached hydrogens (tertiary/aromatic N) is 1. The van der Waals surface area contributed by atoms with Crippen LogP contribution in [0.3, 0.4) is 0 Å². The van der Waals surface area contributed by atoms with E-state index in [1.165, 1.54) is 24.5 Å². The molecule has 0 aliphatic carbocycles. The van der Waals surface area contributed by atoms with Crippen molar-refractivity contribution >= 4 is 15.7 Å². The van der Waals surface area contributed by atoms with E-state index in [4.69, 9.17) is 4.74 Å². The van der Waals surface area contributed by atoms with E-state index in [2.05, 4.69) is 19.7 Å². The summed E-state index contributed by atoms with van der Waals surface area (Å²) in [6.07, 6.45) is 2.04. The van der Waals surface area contributed by atoms with Gasteiger partial charge < -0.3 is 14.6 Å². The first kappa shape index (κ1) is 17.4. The highest BCUT2D eigenvalue weighted by Gasteiger charge is 2.19. The molecule has 0 radical (unpaired) electrons. The number of rotatable bonds is 9. The van der Waals surface area contributed by atoms with Crippen LogP contribution < -0.4 is 10.0 Å². The molecular weight excluding hydrogens is 325 g/mol. The van der Waals surface area contributed by atoms with Crippen LogP contribution in [0.15, 0.2) is 39.9 Å². The van der Waals surface area contributed by atoms with Gasteiger partial charge in [0.15, 0.2) is 0 Å². The number of hydrogen-bond donors (Lipinski definition) is 2. The molecule has 0 bridgehead atoms. The average molecular weight is 343 g/mol. The van der Waals surface area contributed by atoms with Gasteiger partial charge in [0.2, 0.25) is 10.0 Å². The van der Waals surface area contributed by atoms with Gasteiger partial charge >= 0.3 is 0 Å². The molecule has 2 aromatic rings. The van der Waals surface area contributed by atoms with E-state index < -0.39 is 15.8 Å². The number of halogens is 1. The van der Waals surface area contributed by atoms with Crippen LogP contribution in [-0.4, -0.2) is 33.8 Å². The summed E-state index contributed by atoms with van der Waals surface area (Å²) in [5.41, 5.74) is 0.759. The highest BCUT2D eigenvalue weighted by atomic mass is 32.2. The highest BCUT2D eigenvalue weighted by molar-refractivity contribution is 7.89. The predicted octanol–water partition coefficient (Wildman–Crippen LogP) is 1.74. The van der Waals surface area contributed by atoms with Gasteiger partial charge in [-0.2, -0.15) is 0 Å². The molecular formula is C14H18FN3O4S. The lowest BCUT2D eigenvalue weighted by molar-refractivity contribution is 0.198. The zero-order valence-electron chi connectivity index (χ0n) is 12.6. The fourth-order valence-corrected chi connectivity index (χ4v) is 3.07. The first-order chi connectivity index (χ1) is 11.0. The Morgan fingerprint density at radius 1 is 1.35 bits per heavy atom. The number of hydrogen-bond acceptors (Lipinski definition) is 6. The first-order valence-electron chi connectivity index (χ1n) is 6.94. The van der Waals surface area contributed by atoms with Crippen molar-refractivity contribution in [3.05, 3.63) is 42.0 Å². The fraction of sp³-hybridized carbons (Fsp3) is 0.357. The van der Waals surface area contributed by atoms with E-state index in [9.17, 15) is 12.8 Å². The second-order valence-corrected chi connectivity index (χ2v) is 6.46. The topological polar surface area (TPSA) is 93.5 Å². The summed E-state index contributed by atoms with van der Waals surface area (Å²) < 4.78 is 50.2. The number of methoxy groups -OCH3 is 1. The number of benzene rings is 1. The van der Waals surface area contributed by atoms with Crippen molar-refractivity contribution in [3.63, 3.8) is 0 Å².